The molecule has 9 unspecified atom stereocenters. The third kappa shape index (κ3) is 16.6. The maximum atomic E-state index is 5.71. The SMILES string of the molecule is COC(C)OC(C)OC(C)OB1OB(OC(C)OC(C)OC(C)OC)OB(OC(C)OC(C)OC(C)OC)O1. The van der Waals surface area contributed by atoms with Crippen molar-refractivity contribution in [3.8, 4) is 0 Å². The molecule has 0 aromatic rings. The van der Waals surface area contributed by atoms with Crippen LogP contribution in [0.4, 0.5) is 0 Å². The van der Waals surface area contributed by atoms with E-state index in [1.807, 2.05) is 0 Å². The molecular formula is C21H45B3O15. The van der Waals surface area contributed by atoms with E-state index < -0.39 is 78.6 Å². The predicted molar refractivity (Wildman–Crippen MR) is 136 cm³/mol. The van der Waals surface area contributed by atoms with Gasteiger partial charge < -0.3 is 70.3 Å². The van der Waals surface area contributed by atoms with E-state index in [9.17, 15) is 0 Å². The Kier molecular flexibility index (Phi) is 18.5. The summed E-state index contributed by atoms with van der Waals surface area (Å²) in [4.78, 5) is 0. The molecule has 15 nitrogen and oxygen atoms in total. The molecule has 0 amide bonds. The normalized spacial score (nSPS) is 21.7. The zero-order valence-electron chi connectivity index (χ0n) is 25.1. The van der Waals surface area contributed by atoms with E-state index in [-0.39, 0.29) is 0 Å². The summed E-state index contributed by atoms with van der Waals surface area (Å²) in [6, 6.07) is 0. The van der Waals surface area contributed by atoms with Gasteiger partial charge in [-0.3, -0.25) is 0 Å². The highest BCUT2D eigenvalue weighted by Crippen LogP contribution is 2.18. The third-order valence-electron chi connectivity index (χ3n) is 4.87. The lowest BCUT2D eigenvalue weighted by Crippen LogP contribution is -2.55. The topological polar surface area (TPSA) is 138 Å². The molecule has 0 aromatic carbocycles. The summed E-state index contributed by atoms with van der Waals surface area (Å²) in [5.41, 5.74) is 0. The lowest BCUT2D eigenvalue weighted by molar-refractivity contribution is -0.268. The lowest BCUT2D eigenvalue weighted by Gasteiger charge is -2.33. The van der Waals surface area contributed by atoms with Crippen molar-refractivity contribution in [3.05, 3.63) is 0 Å². The quantitative estimate of drug-likeness (QED) is 0.147. The van der Waals surface area contributed by atoms with Crippen LogP contribution in [-0.4, -0.2) is 99.9 Å². The monoisotopic (exact) mass is 570 g/mol. The first kappa shape index (κ1) is 36.6. The number of rotatable bonds is 21. The van der Waals surface area contributed by atoms with E-state index in [2.05, 4.69) is 0 Å². The highest BCUT2D eigenvalue weighted by Gasteiger charge is 2.49. The molecule has 1 saturated heterocycles. The fourth-order valence-electron chi connectivity index (χ4n) is 3.01. The first-order valence-corrected chi connectivity index (χ1v) is 12.8. The van der Waals surface area contributed by atoms with E-state index in [0.717, 1.165) is 0 Å². The first-order valence-electron chi connectivity index (χ1n) is 12.8. The summed E-state index contributed by atoms with van der Waals surface area (Å²) in [6.45, 7) is 15.2. The van der Waals surface area contributed by atoms with E-state index in [1.54, 1.807) is 62.3 Å². The minimum Gasteiger partial charge on any atom is -0.400 e. The Morgan fingerprint density at radius 3 is 0.744 bits per heavy atom. The Balaban J connectivity index is 2.77. The van der Waals surface area contributed by atoms with Crippen molar-refractivity contribution in [1.82, 2.24) is 0 Å². The van der Waals surface area contributed by atoms with Crippen molar-refractivity contribution >= 4 is 22.0 Å². The average Bonchev–Trinajstić information content (AvgIpc) is 2.82. The molecular weight excluding hydrogens is 525 g/mol. The maximum Gasteiger partial charge on any atom is 0.617 e. The van der Waals surface area contributed by atoms with Crippen LogP contribution >= 0.6 is 0 Å². The number of methoxy groups -OCH3 is 3. The van der Waals surface area contributed by atoms with Crippen LogP contribution in [0.5, 0.6) is 0 Å². The van der Waals surface area contributed by atoms with Crippen LogP contribution in [0.25, 0.3) is 0 Å². The highest BCUT2D eigenvalue weighted by atomic mass is 16.9. The van der Waals surface area contributed by atoms with E-state index >= 15 is 0 Å². The molecule has 228 valence electrons. The van der Waals surface area contributed by atoms with Crippen LogP contribution in [0, 0.1) is 0 Å². The van der Waals surface area contributed by atoms with Crippen LogP contribution in [-0.2, 0) is 70.3 Å². The Labute approximate surface area is 233 Å². The number of hydrogen-bond donors (Lipinski definition) is 0. The van der Waals surface area contributed by atoms with Gasteiger partial charge in [0.1, 0.15) is 18.9 Å². The van der Waals surface area contributed by atoms with Gasteiger partial charge in [0, 0.05) is 21.3 Å². The fraction of sp³-hybridized carbons (Fsp3) is 1.00. The van der Waals surface area contributed by atoms with Gasteiger partial charge in [0.15, 0.2) is 37.7 Å². The van der Waals surface area contributed by atoms with Gasteiger partial charge in [0.05, 0.1) is 0 Å². The second-order valence-electron chi connectivity index (χ2n) is 8.31. The van der Waals surface area contributed by atoms with Crippen molar-refractivity contribution in [1.29, 1.82) is 0 Å². The molecule has 0 aromatic heterocycles. The molecule has 0 N–H and O–H groups in total. The van der Waals surface area contributed by atoms with E-state index in [4.69, 9.17) is 70.3 Å². The van der Waals surface area contributed by atoms with Crippen LogP contribution in [0.1, 0.15) is 62.3 Å². The summed E-state index contributed by atoms with van der Waals surface area (Å²) < 4.78 is 82.6. The van der Waals surface area contributed by atoms with Gasteiger partial charge in [-0.05, 0) is 62.3 Å². The molecule has 39 heavy (non-hydrogen) atoms. The van der Waals surface area contributed by atoms with Crippen molar-refractivity contribution < 1.29 is 70.3 Å². The van der Waals surface area contributed by atoms with Gasteiger partial charge >= 0.3 is 22.0 Å². The second-order valence-corrected chi connectivity index (χ2v) is 8.31. The number of hydrogen-bond acceptors (Lipinski definition) is 15. The molecule has 1 heterocycles. The summed E-state index contributed by atoms with van der Waals surface area (Å²) in [6.07, 6.45) is -5.86. The fourth-order valence-corrected chi connectivity index (χ4v) is 3.01. The van der Waals surface area contributed by atoms with E-state index in [1.165, 1.54) is 21.3 Å². The Bertz CT molecular complexity index is 542. The maximum absolute atomic E-state index is 5.71. The summed E-state index contributed by atoms with van der Waals surface area (Å²) >= 11 is 0. The van der Waals surface area contributed by atoms with Gasteiger partial charge in [-0.1, -0.05) is 0 Å². The molecule has 0 saturated carbocycles. The second kappa shape index (κ2) is 19.7. The zero-order valence-corrected chi connectivity index (χ0v) is 25.1. The molecule has 1 rings (SSSR count). The van der Waals surface area contributed by atoms with Gasteiger partial charge in [-0.2, -0.15) is 0 Å². The summed E-state index contributed by atoms with van der Waals surface area (Å²) in [5, 5.41) is 0. The van der Waals surface area contributed by atoms with Crippen LogP contribution in [0.2, 0.25) is 0 Å². The zero-order chi connectivity index (χ0) is 29.5. The van der Waals surface area contributed by atoms with E-state index in [0.29, 0.717) is 0 Å². The summed E-state index contributed by atoms with van der Waals surface area (Å²) in [5.74, 6) is 0. The minimum atomic E-state index is -1.32. The van der Waals surface area contributed by atoms with Gasteiger partial charge in [0.2, 0.25) is 0 Å². The molecule has 9 atom stereocenters. The average molecular weight is 570 g/mol. The van der Waals surface area contributed by atoms with Crippen molar-refractivity contribution in [2.24, 2.45) is 0 Å². The smallest absolute Gasteiger partial charge is 0.400 e. The summed E-state index contributed by atoms with van der Waals surface area (Å²) in [7, 11) is 0.602. The van der Waals surface area contributed by atoms with Gasteiger partial charge in [-0.25, -0.2) is 0 Å². The molecule has 1 aliphatic rings. The first-order chi connectivity index (χ1) is 18.3. The lowest BCUT2D eigenvalue weighted by atomic mass is 9.96. The molecule has 0 radical (unpaired) electrons. The van der Waals surface area contributed by atoms with Crippen LogP contribution in [0.3, 0.4) is 0 Å². The van der Waals surface area contributed by atoms with Gasteiger partial charge in [-0.15, -0.1) is 0 Å². The molecule has 1 fully saturated rings. The Morgan fingerprint density at radius 2 is 0.538 bits per heavy atom. The molecule has 1 aliphatic heterocycles. The standard InChI is InChI=1S/C21H45B3O15/c1-13(25-10)28-16(4)31-19(7)34-22-37-23(35-20(8)32-17(5)29-14(2)26-11)39-24(38-22)36-21(9)33-18(6)30-15(3)27-12/h13-21H,1-12H3. The predicted octanol–water partition coefficient (Wildman–Crippen LogP) is 2.21. The van der Waals surface area contributed by atoms with Crippen LogP contribution < -0.4 is 0 Å². The molecule has 18 heteroatoms. The van der Waals surface area contributed by atoms with Crippen molar-refractivity contribution in [2.75, 3.05) is 21.3 Å². The molecule has 0 bridgehead atoms. The Hall–Kier alpha value is -0.405. The van der Waals surface area contributed by atoms with Gasteiger partial charge in [0.25, 0.3) is 0 Å². The molecule has 0 aliphatic carbocycles. The van der Waals surface area contributed by atoms with Crippen molar-refractivity contribution in [2.45, 2.75) is 119 Å². The van der Waals surface area contributed by atoms with Crippen LogP contribution in [0.15, 0.2) is 0 Å². The highest BCUT2D eigenvalue weighted by molar-refractivity contribution is 6.66. The third-order valence-corrected chi connectivity index (χ3v) is 4.87. The Morgan fingerprint density at radius 1 is 0.333 bits per heavy atom. The number of ether oxygens (including phenoxy) is 9. The minimum absolute atomic E-state index is 0.474. The largest absolute Gasteiger partial charge is 0.617 e. The molecule has 0 spiro atoms. The van der Waals surface area contributed by atoms with Crippen molar-refractivity contribution in [3.63, 3.8) is 0 Å².